The minimum Gasteiger partial charge on any atom is -0.497 e. The molecule has 1 saturated heterocycles. The van der Waals surface area contributed by atoms with Gasteiger partial charge in [-0.15, -0.1) is 0 Å². The molecule has 0 aliphatic carbocycles. The summed E-state index contributed by atoms with van der Waals surface area (Å²) < 4.78 is 16.7. The van der Waals surface area contributed by atoms with Crippen molar-refractivity contribution in [2.24, 2.45) is 0 Å². The summed E-state index contributed by atoms with van der Waals surface area (Å²) in [5, 5.41) is 0.622. The molecule has 0 saturated carbocycles. The number of hydrogen-bond donors (Lipinski definition) is 0. The van der Waals surface area contributed by atoms with E-state index in [1.165, 1.54) is 0 Å². The fourth-order valence-electron chi connectivity index (χ4n) is 1.79. The second-order valence-corrected chi connectivity index (χ2v) is 4.42. The highest BCUT2D eigenvalue weighted by Gasteiger charge is 2.40. The molecule has 16 heavy (non-hydrogen) atoms. The predicted molar refractivity (Wildman–Crippen MR) is 65.0 cm³/mol. The van der Waals surface area contributed by atoms with Gasteiger partial charge in [0.25, 0.3) is 0 Å². The largest absolute Gasteiger partial charge is 0.497 e. The van der Waals surface area contributed by atoms with Gasteiger partial charge in [0.1, 0.15) is 5.75 Å². The van der Waals surface area contributed by atoms with Crippen molar-refractivity contribution < 1.29 is 14.2 Å². The first-order valence-corrected chi connectivity index (χ1v) is 6.34. The molecular formula is C12H15BrO3. The molecule has 1 heterocycles. The number of rotatable bonds is 3. The van der Waals surface area contributed by atoms with Gasteiger partial charge in [-0.2, -0.15) is 0 Å². The van der Waals surface area contributed by atoms with Crippen LogP contribution in [-0.2, 0) is 15.3 Å². The average molecular weight is 287 g/mol. The molecule has 2 unspecified atom stereocenters. The summed E-state index contributed by atoms with van der Waals surface area (Å²) in [5.41, 5.74) is 1.01. The third kappa shape index (κ3) is 2.10. The van der Waals surface area contributed by atoms with Crippen molar-refractivity contribution >= 4 is 15.9 Å². The molecule has 1 aromatic rings. The average Bonchev–Trinajstić information content (AvgIpc) is 2.72. The molecule has 1 fully saturated rings. The van der Waals surface area contributed by atoms with E-state index in [4.69, 9.17) is 14.2 Å². The van der Waals surface area contributed by atoms with Crippen molar-refractivity contribution in [1.82, 2.24) is 0 Å². The lowest BCUT2D eigenvalue weighted by atomic mass is 10.1. The van der Waals surface area contributed by atoms with Gasteiger partial charge in [0.15, 0.2) is 0 Å². The van der Waals surface area contributed by atoms with Crippen molar-refractivity contribution in [2.75, 3.05) is 19.0 Å². The van der Waals surface area contributed by atoms with E-state index in [9.17, 15) is 0 Å². The Hall–Kier alpha value is -0.580. The topological polar surface area (TPSA) is 27.7 Å². The summed E-state index contributed by atoms with van der Waals surface area (Å²) in [5.74, 6) is 0.186. The van der Waals surface area contributed by atoms with Crippen LogP contribution >= 0.6 is 15.9 Å². The Morgan fingerprint density at radius 3 is 2.56 bits per heavy atom. The fourth-order valence-corrected chi connectivity index (χ4v) is 2.41. The van der Waals surface area contributed by atoms with Crippen LogP contribution in [0, 0.1) is 0 Å². The van der Waals surface area contributed by atoms with E-state index >= 15 is 0 Å². The van der Waals surface area contributed by atoms with Crippen molar-refractivity contribution in [3.05, 3.63) is 29.8 Å². The first kappa shape index (κ1) is 11.9. The number of benzene rings is 1. The van der Waals surface area contributed by atoms with E-state index in [-0.39, 0.29) is 6.10 Å². The molecule has 2 atom stereocenters. The number of halogens is 1. The van der Waals surface area contributed by atoms with Crippen LogP contribution in [0.25, 0.3) is 0 Å². The summed E-state index contributed by atoms with van der Waals surface area (Å²) in [6, 6.07) is 7.77. The lowest BCUT2D eigenvalue weighted by Gasteiger charge is -2.26. The monoisotopic (exact) mass is 286 g/mol. The van der Waals surface area contributed by atoms with E-state index in [1.54, 1.807) is 7.11 Å². The lowest BCUT2D eigenvalue weighted by Crippen LogP contribution is -2.29. The van der Waals surface area contributed by atoms with Crippen molar-refractivity contribution in [3.8, 4) is 5.75 Å². The highest BCUT2D eigenvalue weighted by molar-refractivity contribution is 9.09. The van der Waals surface area contributed by atoms with Crippen molar-refractivity contribution in [3.63, 3.8) is 0 Å². The van der Waals surface area contributed by atoms with Crippen LogP contribution in [0.3, 0.4) is 0 Å². The van der Waals surface area contributed by atoms with Crippen LogP contribution in [0.5, 0.6) is 5.75 Å². The molecule has 0 aromatic heterocycles. The smallest absolute Gasteiger partial charge is 0.205 e. The Bertz CT molecular complexity index is 352. The highest BCUT2D eigenvalue weighted by atomic mass is 79.9. The van der Waals surface area contributed by atoms with Gasteiger partial charge >= 0.3 is 0 Å². The van der Waals surface area contributed by atoms with E-state index < -0.39 is 5.79 Å². The van der Waals surface area contributed by atoms with Crippen LogP contribution in [0.2, 0.25) is 0 Å². The zero-order valence-corrected chi connectivity index (χ0v) is 11.0. The second kappa shape index (κ2) is 4.73. The van der Waals surface area contributed by atoms with Gasteiger partial charge in [-0.25, -0.2) is 0 Å². The second-order valence-electron chi connectivity index (χ2n) is 3.85. The van der Waals surface area contributed by atoms with Crippen molar-refractivity contribution in [2.45, 2.75) is 18.8 Å². The molecule has 88 valence electrons. The Balaban J connectivity index is 2.26. The first-order valence-electron chi connectivity index (χ1n) is 5.22. The number of ether oxygens (including phenoxy) is 3. The predicted octanol–water partition coefficient (Wildman–Crippen LogP) is 2.68. The fraction of sp³-hybridized carbons (Fsp3) is 0.500. The lowest BCUT2D eigenvalue weighted by molar-refractivity contribution is -0.154. The molecule has 4 heteroatoms. The Morgan fingerprint density at radius 2 is 2.12 bits per heavy atom. The van der Waals surface area contributed by atoms with Gasteiger partial charge < -0.3 is 14.2 Å². The number of alkyl halides is 1. The molecule has 1 aliphatic rings. The number of hydrogen-bond acceptors (Lipinski definition) is 3. The van der Waals surface area contributed by atoms with E-state index in [2.05, 4.69) is 15.9 Å². The van der Waals surface area contributed by atoms with Gasteiger partial charge in [-0.3, -0.25) is 0 Å². The quantitative estimate of drug-likeness (QED) is 0.800. The van der Waals surface area contributed by atoms with Gasteiger partial charge in [0.05, 0.1) is 25.2 Å². The minimum atomic E-state index is -0.647. The molecule has 1 aliphatic heterocycles. The zero-order valence-electron chi connectivity index (χ0n) is 9.40. The van der Waals surface area contributed by atoms with Crippen LogP contribution in [0.4, 0.5) is 0 Å². The molecule has 0 amide bonds. The molecule has 0 spiro atoms. The summed E-state index contributed by atoms with van der Waals surface area (Å²) in [6.07, 6.45) is 0.125. The van der Waals surface area contributed by atoms with Gasteiger partial charge in [-0.1, -0.05) is 15.9 Å². The van der Waals surface area contributed by atoms with E-state index in [1.807, 2.05) is 31.2 Å². The maximum absolute atomic E-state index is 5.85. The zero-order chi connectivity index (χ0) is 11.6. The Morgan fingerprint density at radius 1 is 1.44 bits per heavy atom. The normalized spacial score (nSPS) is 29.3. The summed E-state index contributed by atoms with van der Waals surface area (Å²) in [6.45, 7) is 2.63. The molecule has 3 nitrogen and oxygen atoms in total. The van der Waals surface area contributed by atoms with Crippen LogP contribution in [0.1, 0.15) is 12.5 Å². The third-order valence-corrected chi connectivity index (χ3v) is 3.39. The molecule has 2 rings (SSSR count). The van der Waals surface area contributed by atoms with Gasteiger partial charge in [-0.05, 0) is 31.2 Å². The first-order chi connectivity index (χ1) is 7.70. The van der Waals surface area contributed by atoms with Crippen LogP contribution < -0.4 is 4.74 Å². The van der Waals surface area contributed by atoms with E-state index in [0.717, 1.165) is 11.3 Å². The Labute approximate surface area is 104 Å². The molecule has 1 aromatic carbocycles. The maximum atomic E-state index is 5.85. The summed E-state index contributed by atoms with van der Waals surface area (Å²) in [4.78, 5) is 0. The number of methoxy groups -OCH3 is 1. The summed E-state index contributed by atoms with van der Waals surface area (Å²) >= 11 is 3.45. The van der Waals surface area contributed by atoms with Crippen molar-refractivity contribution in [1.29, 1.82) is 0 Å². The molecule has 0 bridgehead atoms. The maximum Gasteiger partial charge on any atom is 0.205 e. The highest BCUT2D eigenvalue weighted by Crippen LogP contribution is 2.36. The molecule has 0 N–H and O–H groups in total. The molecular weight excluding hydrogens is 272 g/mol. The molecule has 0 radical (unpaired) electrons. The van der Waals surface area contributed by atoms with E-state index in [0.29, 0.717) is 11.9 Å². The SMILES string of the molecule is COc1ccc(C2(CBr)OCC(C)O2)cc1. The van der Waals surface area contributed by atoms with Crippen LogP contribution in [-0.4, -0.2) is 25.2 Å². The Kier molecular flexibility index (Phi) is 3.52. The van der Waals surface area contributed by atoms with Gasteiger partial charge in [0.2, 0.25) is 5.79 Å². The minimum absolute atomic E-state index is 0.125. The standard InChI is InChI=1S/C12H15BrO3/c1-9-7-15-12(8-13,16-9)10-3-5-11(14-2)6-4-10/h3-6,9H,7-8H2,1-2H3. The summed E-state index contributed by atoms with van der Waals surface area (Å²) in [7, 11) is 1.65. The third-order valence-electron chi connectivity index (χ3n) is 2.65. The van der Waals surface area contributed by atoms with Crippen LogP contribution in [0.15, 0.2) is 24.3 Å². The van der Waals surface area contributed by atoms with Gasteiger partial charge in [0, 0.05) is 5.56 Å².